The first kappa shape index (κ1) is 11.2. The van der Waals surface area contributed by atoms with Gasteiger partial charge in [0.2, 0.25) is 0 Å². The molecule has 0 unspecified atom stereocenters. The highest BCUT2D eigenvalue weighted by Crippen LogP contribution is 2.10. The van der Waals surface area contributed by atoms with Crippen LogP contribution in [0, 0.1) is 0 Å². The molecule has 0 bridgehead atoms. The quantitative estimate of drug-likeness (QED) is 0.495. The van der Waals surface area contributed by atoms with Gasteiger partial charge in [-0.3, -0.25) is 0 Å². The summed E-state index contributed by atoms with van der Waals surface area (Å²) < 4.78 is 15.2. The first-order chi connectivity index (χ1) is 6.83. The van der Waals surface area contributed by atoms with Crippen molar-refractivity contribution in [3.63, 3.8) is 0 Å². The Bertz CT molecular complexity index is 194. The molecule has 0 saturated carbocycles. The molecule has 1 rings (SSSR count). The van der Waals surface area contributed by atoms with Crippen LogP contribution >= 0.6 is 0 Å². The Kier molecular flexibility index (Phi) is 5.25. The van der Waals surface area contributed by atoms with Gasteiger partial charge in [-0.05, 0) is 13.3 Å². The van der Waals surface area contributed by atoms with E-state index in [2.05, 4.69) is 0 Å². The molecule has 1 heterocycles. The summed E-state index contributed by atoms with van der Waals surface area (Å²) in [6, 6.07) is 0. The van der Waals surface area contributed by atoms with Crippen LogP contribution in [0.3, 0.4) is 0 Å². The Morgan fingerprint density at radius 3 is 2.86 bits per heavy atom. The van der Waals surface area contributed by atoms with Gasteiger partial charge in [0.1, 0.15) is 0 Å². The second-order valence-electron chi connectivity index (χ2n) is 2.90. The first-order valence-electron chi connectivity index (χ1n) is 4.89. The molecule has 0 atom stereocenters. The molecule has 0 spiro atoms. The van der Waals surface area contributed by atoms with Gasteiger partial charge in [-0.15, -0.1) is 0 Å². The third-order valence-corrected chi connectivity index (χ3v) is 1.80. The van der Waals surface area contributed by atoms with Crippen molar-refractivity contribution in [2.24, 2.45) is 0 Å². The van der Waals surface area contributed by atoms with Gasteiger partial charge in [0.25, 0.3) is 0 Å². The minimum absolute atomic E-state index is 0.0955. The number of ether oxygens (including phenoxy) is 3. The summed E-state index contributed by atoms with van der Waals surface area (Å²) in [6.07, 6.45) is 4.68. The van der Waals surface area contributed by atoms with E-state index in [4.69, 9.17) is 14.2 Å². The zero-order chi connectivity index (χ0) is 10.2. The number of carbonyl (C=O) groups excluding carboxylic acids is 1. The zero-order valence-corrected chi connectivity index (χ0v) is 8.40. The normalized spacial score (nSPS) is 17.8. The van der Waals surface area contributed by atoms with Crippen molar-refractivity contribution in [3.8, 4) is 0 Å². The maximum absolute atomic E-state index is 10.9. The van der Waals surface area contributed by atoms with Crippen molar-refractivity contribution >= 4 is 5.97 Å². The summed E-state index contributed by atoms with van der Waals surface area (Å²) in [6.45, 7) is 3.54. The molecule has 80 valence electrons. The van der Waals surface area contributed by atoms with E-state index in [0.29, 0.717) is 19.8 Å². The fourth-order valence-corrected chi connectivity index (χ4v) is 1.18. The lowest BCUT2D eigenvalue weighted by Crippen LogP contribution is -2.06. The Hall–Kier alpha value is -0.870. The van der Waals surface area contributed by atoms with Gasteiger partial charge in [0.15, 0.2) is 6.29 Å². The molecule has 1 aliphatic rings. The van der Waals surface area contributed by atoms with E-state index in [9.17, 15) is 4.79 Å². The van der Waals surface area contributed by atoms with E-state index in [1.165, 1.54) is 6.08 Å². The average Bonchev–Trinajstić information content (AvgIpc) is 2.65. The van der Waals surface area contributed by atoms with Crippen molar-refractivity contribution in [1.82, 2.24) is 0 Å². The maximum Gasteiger partial charge on any atom is 0.330 e. The predicted octanol–water partition coefficient (Wildman–Crippen LogP) is 1.26. The maximum atomic E-state index is 10.9. The molecule has 4 heteroatoms. The molecule has 14 heavy (non-hydrogen) atoms. The van der Waals surface area contributed by atoms with Crippen LogP contribution in [-0.2, 0) is 19.0 Å². The van der Waals surface area contributed by atoms with E-state index in [1.807, 2.05) is 0 Å². The molecular formula is C10H16O4. The van der Waals surface area contributed by atoms with E-state index < -0.39 is 0 Å². The number of carbonyl (C=O) groups is 1. The lowest BCUT2D eigenvalue weighted by atomic mass is 10.3. The van der Waals surface area contributed by atoms with Crippen LogP contribution in [0.15, 0.2) is 12.2 Å². The van der Waals surface area contributed by atoms with Gasteiger partial charge >= 0.3 is 5.97 Å². The highest BCUT2D eigenvalue weighted by Gasteiger charge is 2.13. The molecule has 0 aliphatic carbocycles. The molecule has 0 aromatic rings. The summed E-state index contributed by atoms with van der Waals surface area (Å²) in [5.74, 6) is -0.291. The summed E-state index contributed by atoms with van der Waals surface area (Å²) in [5, 5.41) is 0. The van der Waals surface area contributed by atoms with Gasteiger partial charge in [-0.1, -0.05) is 6.08 Å². The van der Waals surface area contributed by atoms with E-state index in [0.717, 1.165) is 12.8 Å². The van der Waals surface area contributed by atoms with E-state index in [1.54, 1.807) is 13.0 Å². The number of esters is 1. The second-order valence-corrected chi connectivity index (χ2v) is 2.90. The number of hydrogen-bond acceptors (Lipinski definition) is 4. The summed E-state index contributed by atoms with van der Waals surface area (Å²) in [7, 11) is 0. The van der Waals surface area contributed by atoms with Gasteiger partial charge in [0.05, 0.1) is 19.8 Å². The van der Waals surface area contributed by atoms with Crippen molar-refractivity contribution < 1.29 is 19.0 Å². The van der Waals surface area contributed by atoms with E-state index in [-0.39, 0.29) is 12.3 Å². The monoisotopic (exact) mass is 200 g/mol. The summed E-state index contributed by atoms with van der Waals surface area (Å²) in [5.41, 5.74) is 0. The largest absolute Gasteiger partial charge is 0.463 e. The number of hydrogen-bond donors (Lipinski definition) is 0. The molecule has 0 aromatic heterocycles. The van der Waals surface area contributed by atoms with Crippen LogP contribution in [0.2, 0.25) is 0 Å². The Morgan fingerprint density at radius 1 is 1.50 bits per heavy atom. The van der Waals surface area contributed by atoms with Crippen molar-refractivity contribution in [2.75, 3.05) is 19.8 Å². The summed E-state index contributed by atoms with van der Waals surface area (Å²) in [4.78, 5) is 10.9. The Balaban J connectivity index is 2.04. The highest BCUT2D eigenvalue weighted by molar-refractivity contribution is 5.81. The fraction of sp³-hybridized carbons (Fsp3) is 0.700. The standard InChI is InChI=1S/C10H16O4/c1-2-12-9(11)5-3-4-6-10-13-7-8-14-10/h3,5,10H,2,4,6-8H2,1H3/b5-3+. The topological polar surface area (TPSA) is 44.8 Å². The third kappa shape index (κ3) is 4.39. The zero-order valence-electron chi connectivity index (χ0n) is 8.40. The Morgan fingerprint density at radius 2 is 2.21 bits per heavy atom. The van der Waals surface area contributed by atoms with Crippen molar-refractivity contribution in [3.05, 3.63) is 12.2 Å². The fourth-order valence-electron chi connectivity index (χ4n) is 1.18. The van der Waals surface area contributed by atoms with Gasteiger partial charge in [-0.2, -0.15) is 0 Å². The molecule has 1 fully saturated rings. The average molecular weight is 200 g/mol. The minimum atomic E-state index is -0.291. The molecular weight excluding hydrogens is 184 g/mol. The smallest absolute Gasteiger partial charge is 0.330 e. The second kappa shape index (κ2) is 6.56. The number of rotatable bonds is 5. The highest BCUT2D eigenvalue weighted by atomic mass is 16.7. The molecule has 0 aromatic carbocycles. The molecule has 4 nitrogen and oxygen atoms in total. The summed E-state index contributed by atoms with van der Waals surface area (Å²) >= 11 is 0. The molecule has 1 saturated heterocycles. The lowest BCUT2D eigenvalue weighted by Gasteiger charge is -2.05. The Labute approximate surface area is 83.8 Å². The van der Waals surface area contributed by atoms with Gasteiger partial charge < -0.3 is 14.2 Å². The first-order valence-corrected chi connectivity index (χ1v) is 4.89. The number of allylic oxidation sites excluding steroid dienone is 1. The minimum Gasteiger partial charge on any atom is -0.463 e. The predicted molar refractivity (Wildman–Crippen MR) is 50.7 cm³/mol. The molecule has 0 N–H and O–H groups in total. The van der Waals surface area contributed by atoms with Gasteiger partial charge in [-0.25, -0.2) is 4.79 Å². The SMILES string of the molecule is CCOC(=O)/C=C/CCC1OCCO1. The van der Waals surface area contributed by atoms with Crippen LogP contribution in [0.5, 0.6) is 0 Å². The van der Waals surface area contributed by atoms with Crippen molar-refractivity contribution in [1.29, 1.82) is 0 Å². The van der Waals surface area contributed by atoms with Crippen molar-refractivity contribution in [2.45, 2.75) is 26.1 Å². The van der Waals surface area contributed by atoms with Crippen LogP contribution in [0.1, 0.15) is 19.8 Å². The van der Waals surface area contributed by atoms with Crippen LogP contribution in [-0.4, -0.2) is 32.1 Å². The molecule has 0 amide bonds. The third-order valence-electron chi connectivity index (χ3n) is 1.80. The molecule has 0 radical (unpaired) electrons. The van der Waals surface area contributed by atoms with Crippen LogP contribution in [0.25, 0.3) is 0 Å². The van der Waals surface area contributed by atoms with E-state index >= 15 is 0 Å². The van der Waals surface area contributed by atoms with Crippen LogP contribution in [0.4, 0.5) is 0 Å². The lowest BCUT2D eigenvalue weighted by molar-refractivity contribution is -0.137. The molecule has 1 aliphatic heterocycles. The van der Waals surface area contributed by atoms with Gasteiger partial charge in [0, 0.05) is 12.5 Å². The van der Waals surface area contributed by atoms with Crippen LogP contribution < -0.4 is 0 Å².